The number of nitrogens with zero attached hydrogens (tertiary/aromatic N) is 2. The first-order valence-corrected chi connectivity index (χ1v) is 6.31. The maximum atomic E-state index is 14.0. The third-order valence-corrected chi connectivity index (χ3v) is 3.18. The highest BCUT2D eigenvalue weighted by Gasteiger charge is 2.15. The van der Waals surface area contributed by atoms with E-state index in [4.69, 9.17) is 0 Å². The van der Waals surface area contributed by atoms with E-state index in [1.165, 1.54) is 7.11 Å². The summed E-state index contributed by atoms with van der Waals surface area (Å²) in [7, 11) is 1.32. The van der Waals surface area contributed by atoms with Gasteiger partial charge in [0.05, 0.1) is 19.6 Å². The number of hydrogen-bond acceptors (Lipinski definition) is 5. The van der Waals surface area contributed by atoms with Gasteiger partial charge in [0.2, 0.25) is 0 Å². The number of halogens is 1. The van der Waals surface area contributed by atoms with Crippen LogP contribution >= 0.6 is 0 Å². The smallest absolute Gasteiger partial charge is 0.441 e. The van der Waals surface area contributed by atoms with Crippen molar-refractivity contribution in [2.24, 2.45) is 5.92 Å². The van der Waals surface area contributed by atoms with Crippen molar-refractivity contribution in [3.05, 3.63) is 27.8 Å². The third kappa shape index (κ3) is 4.04. The van der Waals surface area contributed by atoms with Crippen LogP contribution in [0.4, 0.5) is 4.39 Å². The fraction of sp³-hybridized carbons (Fsp3) is 0.615. The summed E-state index contributed by atoms with van der Waals surface area (Å²) in [6.45, 7) is 4.72. The summed E-state index contributed by atoms with van der Waals surface area (Å²) >= 11 is 0. The number of aryl methyl sites for hydroxylation is 1. The zero-order chi connectivity index (χ0) is 15.3. The first-order chi connectivity index (χ1) is 9.36. The largest absolute Gasteiger partial charge is 0.469 e. The normalized spacial score (nSPS) is 13.8. The van der Waals surface area contributed by atoms with E-state index in [0.29, 0.717) is 24.2 Å². The summed E-state index contributed by atoms with van der Waals surface area (Å²) in [6, 6.07) is 0. The zero-order valence-corrected chi connectivity index (χ0v) is 12.1. The molecule has 7 heteroatoms. The number of allylic oxidation sites excluding steroid dienone is 2. The van der Waals surface area contributed by atoms with Crippen molar-refractivity contribution in [3.63, 3.8) is 0 Å². The minimum absolute atomic E-state index is 0.202. The minimum Gasteiger partial charge on any atom is -0.469 e. The number of hydrogen-bond donors (Lipinski definition) is 0. The minimum atomic E-state index is -0.687. The maximum Gasteiger partial charge on any atom is 0.441 e. The van der Waals surface area contributed by atoms with E-state index >= 15 is 0 Å². The monoisotopic (exact) mass is 286 g/mol. The van der Waals surface area contributed by atoms with Crippen LogP contribution in [0.3, 0.4) is 0 Å². The highest BCUT2D eigenvalue weighted by Crippen LogP contribution is 2.18. The van der Waals surface area contributed by atoms with Gasteiger partial charge < -0.3 is 4.74 Å². The molecule has 0 N–H and O–H groups in total. The summed E-state index contributed by atoms with van der Waals surface area (Å²) in [6.07, 6.45) is 0.907. The summed E-state index contributed by atoms with van der Waals surface area (Å²) < 4.78 is 24.1. The average Bonchev–Trinajstić information content (AvgIpc) is 2.74. The Labute approximate surface area is 116 Å². The number of methoxy groups -OCH3 is 1. The molecule has 0 spiro atoms. The van der Waals surface area contributed by atoms with Gasteiger partial charge in [-0.25, -0.2) is 9.18 Å². The van der Waals surface area contributed by atoms with E-state index in [0.717, 1.165) is 4.57 Å². The molecule has 0 amide bonds. The highest BCUT2D eigenvalue weighted by molar-refractivity contribution is 5.71. The molecule has 0 saturated carbocycles. The molecule has 1 aromatic rings. The Balaban J connectivity index is 2.66. The number of carbonyl (C=O) groups is 1. The molecule has 6 nitrogen and oxygen atoms in total. The number of aromatic nitrogens is 2. The van der Waals surface area contributed by atoms with Crippen LogP contribution in [-0.4, -0.2) is 22.8 Å². The topological polar surface area (TPSA) is 74.3 Å². The maximum absolute atomic E-state index is 14.0. The van der Waals surface area contributed by atoms with Crippen LogP contribution in [0.15, 0.2) is 20.7 Å². The van der Waals surface area contributed by atoms with E-state index in [1.54, 1.807) is 20.8 Å². The van der Waals surface area contributed by atoms with Crippen molar-refractivity contribution in [2.45, 2.75) is 40.2 Å². The van der Waals surface area contributed by atoms with Gasteiger partial charge in [-0.15, -0.1) is 0 Å². The standard InChI is InChI=1S/C13H19FN2O4/c1-8(5-6-9(2)12(17)19-4)11(14)7-16-10(3)15-20-13(16)18/h9H,5-7H2,1-4H3/t9-/m0/s1. The first kappa shape index (κ1) is 16.1. The van der Waals surface area contributed by atoms with Crippen LogP contribution < -0.4 is 5.76 Å². The molecular formula is C13H19FN2O4. The first-order valence-electron chi connectivity index (χ1n) is 6.31. The molecule has 1 rings (SSSR count). The second-order valence-electron chi connectivity index (χ2n) is 4.73. The molecule has 20 heavy (non-hydrogen) atoms. The Bertz CT molecular complexity index is 559. The Kier molecular flexibility index (Phi) is 5.66. The van der Waals surface area contributed by atoms with Crippen LogP contribution in [0.1, 0.15) is 32.5 Å². The fourth-order valence-corrected chi connectivity index (χ4v) is 1.68. The molecule has 1 heterocycles. The van der Waals surface area contributed by atoms with Crippen LogP contribution in [0.5, 0.6) is 0 Å². The number of carbonyl (C=O) groups excluding carboxylic acids is 1. The zero-order valence-electron chi connectivity index (χ0n) is 12.1. The molecule has 0 radical (unpaired) electrons. The lowest BCUT2D eigenvalue weighted by atomic mass is 10.0. The SMILES string of the molecule is COC(=O)[C@@H](C)CCC(C)=C(F)Cn1c(C)noc1=O. The summed E-state index contributed by atoms with van der Waals surface area (Å²) in [5.41, 5.74) is 0.494. The second kappa shape index (κ2) is 7.02. The molecule has 0 aromatic carbocycles. The molecule has 0 aliphatic rings. The molecule has 0 unspecified atom stereocenters. The van der Waals surface area contributed by atoms with E-state index in [9.17, 15) is 14.0 Å². The molecule has 0 aliphatic heterocycles. The van der Waals surface area contributed by atoms with Crippen LogP contribution in [0.2, 0.25) is 0 Å². The van der Waals surface area contributed by atoms with E-state index in [1.807, 2.05) is 0 Å². The quantitative estimate of drug-likeness (QED) is 0.747. The van der Waals surface area contributed by atoms with Gasteiger partial charge in [0.15, 0.2) is 5.82 Å². The predicted molar refractivity (Wildman–Crippen MR) is 69.7 cm³/mol. The Morgan fingerprint density at radius 1 is 1.55 bits per heavy atom. The van der Waals surface area contributed by atoms with Crippen LogP contribution in [-0.2, 0) is 16.1 Å². The molecular weight excluding hydrogens is 267 g/mol. The van der Waals surface area contributed by atoms with Gasteiger partial charge in [-0.3, -0.25) is 13.9 Å². The Hall–Kier alpha value is -1.92. The van der Waals surface area contributed by atoms with E-state index in [2.05, 4.69) is 14.4 Å². The van der Waals surface area contributed by atoms with Crippen molar-refractivity contribution in [1.82, 2.24) is 9.72 Å². The van der Waals surface area contributed by atoms with Gasteiger partial charge in [-0.2, -0.15) is 0 Å². The third-order valence-electron chi connectivity index (χ3n) is 3.18. The summed E-state index contributed by atoms with van der Waals surface area (Å²) in [5, 5.41) is 3.46. The highest BCUT2D eigenvalue weighted by atomic mass is 19.1. The molecule has 1 atom stereocenters. The Morgan fingerprint density at radius 3 is 2.70 bits per heavy atom. The van der Waals surface area contributed by atoms with Gasteiger partial charge in [-0.1, -0.05) is 12.1 Å². The molecule has 0 fully saturated rings. The lowest BCUT2D eigenvalue weighted by molar-refractivity contribution is -0.145. The number of rotatable bonds is 6. The predicted octanol–water partition coefficient (Wildman–Crippen LogP) is 1.98. The molecule has 0 saturated heterocycles. The lowest BCUT2D eigenvalue weighted by Crippen LogP contribution is -2.17. The van der Waals surface area contributed by atoms with Crippen molar-refractivity contribution >= 4 is 5.97 Å². The molecule has 0 bridgehead atoms. The van der Waals surface area contributed by atoms with E-state index < -0.39 is 11.6 Å². The molecule has 1 aromatic heterocycles. The number of esters is 1. The Morgan fingerprint density at radius 2 is 2.20 bits per heavy atom. The van der Waals surface area contributed by atoms with Gasteiger partial charge >= 0.3 is 11.7 Å². The van der Waals surface area contributed by atoms with E-state index in [-0.39, 0.29) is 18.4 Å². The average molecular weight is 286 g/mol. The summed E-state index contributed by atoms with van der Waals surface area (Å²) in [4.78, 5) is 22.5. The second-order valence-corrected chi connectivity index (χ2v) is 4.73. The van der Waals surface area contributed by atoms with Crippen LogP contribution in [0.25, 0.3) is 0 Å². The van der Waals surface area contributed by atoms with Gasteiger partial charge in [0, 0.05) is 0 Å². The van der Waals surface area contributed by atoms with Gasteiger partial charge in [-0.05, 0) is 32.3 Å². The van der Waals surface area contributed by atoms with Crippen LogP contribution in [0, 0.1) is 12.8 Å². The van der Waals surface area contributed by atoms with Gasteiger partial charge in [0.25, 0.3) is 0 Å². The fourth-order valence-electron chi connectivity index (χ4n) is 1.68. The van der Waals surface area contributed by atoms with Crippen molar-refractivity contribution < 1.29 is 18.4 Å². The van der Waals surface area contributed by atoms with Crippen molar-refractivity contribution in [2.75, 3.05) is 7.11 Å². The molecule has 112 valence electrons. The molecule has 0 aliphatic carbocycles. The number of ether oxygens (including phenoxy) is 1. The lowest BCUT2D eigenvalue weighted by Gasteiger charge is -2.10. The van der Waals surface area contributed by atoms with Gasteiger partial charge in [0.1, 0.15) is 5.83 Å². The van der Waals surface area contributed by atoms with Crippen molar-refractivity contribution in [3.8, 4) is 0 Å². The summed E-state index contributed by atoms with van der Waals surface area (Å²) in [5.74, 6) is -1.39. The van der Waals surface area contributed by atoms with Crippen molar-refractivity contribution in [1.29, 1.82) is 0 Å².